The van der Waals surface area contributed by atoms with Gasteiger partial charge in [0, 0.05) is 13.0 Å². The van der Waals surface area contributed by atoms with Gasteiger partial charge in [-0.2, -0.15) is 5.10 Å². The number of hydrogen-bond acceptors (Lipinski definition) is 3. The normalized spacial score (nSPS) is 17.2. The fraction of sp³-hybridized carbons (Fsp3) is 0.500. The smallest absolute Gasteiger partial charge is 0.120 e. The van der Waals surface area contributed by atoms with Crippen molar-refractivity contribution in [3.8, 4) is 0 Å². The van der Waals surface area contributed by atoms with E-state index in [9.17, 15) is 0 Å². The van der Waals surface area contributed by atoms with Crippen molar-refractivity contribution in [2.24, 2.45) is 10.8 Å². The van der Waals surface area contributed by atoms with Crippen molar-refractivity contribution < 1.29 is 0 Å². The Morgan fingerprint density at radius 3 is 2.88 bits per heavy atom. The lowest BCUT2D eigenvalue weighted by Crippen LogP contribution is -2.18. The Balaban J connectivity index is 2.57. The Labute approximate surface area is 52.9 Å². The first kappa shape index (κ1) is 5.50. The average Bonchev–Trinajstić information content (AvgIpc) is 2.12. The molecule has 0 radical (unpaired) electrons. The lowest BCUT2D eigenvalue weighted by atomic mass is 10.3. The molecule has 44 valence electrons. The van der Waals surface area contributed by atoms with E-state index in [-0.39, 0.29) is 0 Å². The third kappa shape index (κ3) is 0.949. The first-order valence-electron chi connectivity index (χ1n) is 2.40. The van der Waals surface area contributed by atoms with Crippen molar-refractivity contribution in [2.75, 3.05) is 6.54 Å². The molecule has 0 aromatic heterocycles. The second-order valence-electron chi connectivity index (χ2n) is 1.58. The van der Waals surface area contributed by atoms with E-state index in [0.717, 1.165) is 18.7 Å². The Kier molecular flexibility index (Phi) is 1.43. The number of nitrogens with zero attached hydrogens (tertiary/aromatic N) is 1. The zero-order chi connectivity index (χ0) is 5.98. The predicted molar refractivity (Wildman–Crippen MR) is 36.8 cm³/mol. The van der Waals surface area contributed by atoms with Crippen LogP contribution in [-0.2, 0) is 0 Å². The molecule has 1 rings (SSSR count). The maximum atomic E-state index is 5.26. The van der Waals surface area contributed by atoms with Crippen LogP contribution in [0.1, 0.15) is 6.42 Å². The van der Waals surface area contributed by atoms with Gasteiger partial charge < -0.3 is 11.2 Å². The summed E-state index contributed by atoms with van der Waals surface area (Å²) in [5, 5.41) is 3.84. The van der Waals surface area contributed by atoms with Crippen LogP contribution in [0.5, 0.6) is 0 Å². The molecule has 1 aliphatic heterocycles. The highest BCUT2D eigenvalue weighted by Gasteiger charge is 2.06. The monoisotopic (exact) mass is 129 g/mol. The van der Waals surface area contributed by atoms with E-state index in [1.165, 1.54) is 0 Å². The molecule has 1 aliphatic rings. The minimum atomic E-state index is 0.412. The molecule has 8 heavy (non-hydrogen) atoms. The summed E-state index contributed by atoms with van der Waals surface area (Å²) >= 11 is 4.66. The Morgan fingerprint density at radius 2 is 2.62 bits per heavy atom. The van der Waals surface area contributed by atoms with Gasteiger partial charge in [-0.1, -0.05) is 12.2 Å². The third-order valence-corrected chi connectivity index (χ3v) is 1.21. The summed E-state index contributed by atoms with van der Waals surface area (Å²) in [5.74, 6) is 0. The minimum Gasteiger partial charge on any atom is -0.388 e. The molecular weight excluding hydrogens is 122 g/mol. The second-order valence-corrected chi connectivity index (χ2v) is 2.02. The van der Waals surface area contributed by atoms with Crippen molar-refractivity contribution in [2.45, 2.75) is 6.42 Å². The van der Waals surface area contributed by atoms with Gasteiger partial charge in [-0.05, 0) is 0 Å². The lowest BCUT2D eigenvalue weighted by Gasteiger charge is -1.88. The Hall–Kier alpha value is -0.640. The summed E-state index contributed by atoms with van der Waals surface area (Å²) < 4.78 is 0. The van der Waals surface area contributed by atoms with E-state index in [0.29, 0.717) is 4.99 Å². The highest BCUT2D eigenvalue weighted by Crippen LogP contribution is 1.91. The van der Waals surface area contributed by atoms with Crippen molar-refractivity contribution in [3.05, 3.63) is 0 Å². The second kappa shape index (κ2) is 2.09. The van der Waals surface area contributed by atoms with Crippen LogP contribution in [-0.4, -0.2) is 17.2 Å². The van der Waals surface area contributed by atoms with Crippen LogP contribution in [0.3, 0.4) is 0 Å². The molecule has 1 heterocycles. The zero-order valence-corrected chi connectivity index (χ0v) is 5.16. The van der Waals surface area contributed by atoms with Gasteiger partial charge in [0.1, 0.15) is 4.99 Å². The molecule has 0 bridgehead atoms. The summed E-state index contributed by atoms with van der Waals surface area (Å²) in [7, 11) is 0. The summed E-state index contributed by atoms with van der Waals surface area (Å²) in [6.07, 6.45) is 0.870. The molecule has 0 aromatic carbocycles. The van der Waals surface area contributed by atoms with E-state index in [4.69, 9.17) is 5.73 Å². The summed E-state index contributed by atoms with van der Waals surface area (Å²) in [6.45, 7) is 0.868. The zero-order valence-electron chi connectivity index (χ0n) is 4.35. The van der Waals surface area contributed by atoms with Gasteiger partial charge in [-0.25, -0.2) is 0 Å². The van der Waals surface area contributed by atoms with Crippen LogP contribution in [0.2, 0.25) is 0 Å². The maximum absolute atomic E-state index is 5.26. The van der Waals surface area contributed by atoms with Crippen LogP contribution in [0.15, 0.2) is 5.10 Å². The van der Waals surface area contributed by atoms with Gasteiger partial charge in [0.15, 0.2) is 0 Å². The SMILES string of the molecule is NC(=S)C1=NNCC1. The van der Waals surface area contributed by atoms with Crippen molar-refractivity contribution in [3.63, 3.8) is 0 Å². The van der Waals surface area contributed by atoms with Crippen LogP contribution in [0.4, 0.5) is 0 Å². The van der Waals surface area contributed by atoms with E-state index in [1.54, 1.807) is 0 Å². The molecule has 0 aromatic rings. The van der Waals surface area contributed by atoms with Crippen molar-refractivity contribution in [1.29, 1.82) is 0 Å². The molecule has 0 spiro atoms. The van der Waals surface area contributed by atoms with Gasteiger partial charge in [0.2, 0.25) is 0 Å². The fourth-order valence-corrected chi connectivity index (χ4v) is 0.708. The van der Waals surface area contributed by atoms with Crippen LogP contribution < -0.4 is 11.2 Å². The van der Waals surface area contributed by atoms with Crippen LogP contribution >= 0.6 is 12.2 Å². The Bertz CT molecular complexity index is 140. The maximum Gasteiger partial charge on any atom is 0.120 e. The number of rotatable bonds is 1. The highest BCUT2D eigenvalue weighted by atomic mass is 32.1. The number of nitrogens with two attached hydrogens (primary N) is 1. The molecule has 0 aliphatic carbocycles. The third-order valence-electron chi connectivity index (χ3n) is 0.972. The summed E-state index contributed by atoms with van der Waals surface area (Å²) in [4.78, 5) is 0.412. The van der Waals surface area contributed by atoms with Crippen LogP contribution in [0, 0.1) is 0 Å². The molecule has 4 heteroatoms. The van der Waals surface area contributed by atoms with E-state index < -0.39 is 0 Å². The minimum absolute atomic E-state index is 0.412. The van der Waals surface area contributed by atoms with Gasteiger partial charge in [0.25, 0.3) is 0 Å². The number of hydrazone groups is 1. The van der Waals surface area contributed by atoms with Gasteiger partial charge in [-0.3, -0.25) is 0 Å². The average molecular weight is 129 g/mol. The summed E-state index contributed by atoms with van der Waals surface area (Å²) in [6, 6.07) is 0. The predicted octanol–water partition coefficient (Wildman–Crippen LogP) is -0.378. The highest BCUT2D eigenvalue weighted by molar-refractivity contribution is 7.82. The van der Waals surface area contributed by atoms with E-state index in [2.05, 4.69) is 22.7 Å². The van der Waals surface area contributed by atoms with Gasteiger partial charge in [-0.15, -0.1) is 0 Å². The van der Waals surface area contributed by atoms with Crippen LogP contribution in [0.25, 0.3) is 0 Å². The number of hydrogen-bond donors (Lipinski definition) is 2. The standard InChI is InChI=1S/C4H7N3S/c5-4(8)3-1-2-6-7-3/h6H,1-2H2,(H2,5,8). The molecule has 3 N–H and O–H groups in total. The lowest BCUT2D eigenvalue weighted by molar-refractivity contribution is 0.813. The first-order chi connectivity index (χ1) is 3.80. The molecule has 3 nitrogen and oxygen atoms in total. The molecule has 0 saturated heterocycles. The van der Waals surface area contributed by atoms with Gasteiger partial charge >= 0.3 is 0 Å². The summed E-state index contributed by atoms with van der Waals surface area (Å²) in [5.41, 5.74) is 8.85. The van der Waals surface area contributed by atoms with E-state index in [1.807, 2.05) is 0 Å². The Morgan fingerprint density at radius 1 is 1.88 bits per heavy atom. The molecular formula is C4H7N3S. The first-order valence-corrected chi connectivity index (χ1v) is 2.81. The fourth-order valence-electron chi connectivity index (χ4n) is 0.560. The number of thiocarbonyl (C=S) groups is 1. The molecule has 0 unspecified atom stereocenters. The largest absolute Gasteiger partial charge is 0.388 e. The van der Waals surface area contributed by atoms with Crippen molar-refractivity contribution >= 4 is 22.9 Å². The molecule has 0 fully saturated rings. The molecule has 0 atom stereocenters. The number of nitrogens with one attached hydrogen (secondary N) is 1. The van der Waals surface area contributed by atoms with E-state index >= 15 is 0 Å². The molecule has 0 amide bonds. The van der Waals surface area contributed by atoms with Gasteiger partial charge in [0.05, 0.1) is 5.71 Å². The topological polar surface area (TPSA) is 50.4 Å². The quantitative estimate of drug-likeness (QED) is 0.475. The molecule has 0 saturated carbocycles. The van der Waals surface area contributed by atoms with Crippen molar-refractivity contribution in [1.82, 2.24) is 5.43 Å².